The van der Waals surface area contributed by atoms with Crippen molar-refractivity contribution in [2.24, 2.45) is 0 Å². The molecule has 0 aliphatic carbocycles. The Bertz CT molecular complexity index is 625. The smallest absolute Gasteiger partial charge is 0.258 e. The Kier molecular flexibility index (Phi) is 4.45. The van der Waals surface area contributed by atoms with Crippen LogP contribution in [0.2, 0.25) is 10.0 Å². The Hall–Kier alpha value is -1.14. The van der Waals surface area contributed by atoms with Crippen LogP contribution in [0.15, 0.2) is 22.7 Å². The molecule has 1 aromatic carbocycles. The van der Waals surface area contributed by atoms with Gasteiger partial charge in [0.15, 0.2) is 5.82 Å². The van der Waals surface area contributed by atoms with Gasteiger partial charge in [-0.15, -0.1) is 0 Å². The van der Waals surface area contributed by atoms with Gasteiger partial charge in [-0.05, 0) is 25.1 Å². The number of hydrogen-bond acceptors (Lipinski definition) is 5. The summed E-state index contributed by atoms with van der Waals surface area (Å²) in [7, 11) is 0. The van der Waals surface area contributed by atoms with Crippen molar-refractivity contribution in [3.8, 4) is 11.5 Å². The Morgan fingerprint density at radius 3 is 2.71 bits per heavy atom. The first kappa shape index (κ1) is 14.8. The first-order valence-electron chi connectivity index (χ1n) is 6.89. The van der Waals surface area contributed by atoms with Crippen molar-refractivity contribution in [3.63, 3.8) is 0 Å². The van der Waals surface area contributed by atoms with Crippen LogP contribution in [0.1, 0.15) is 18.8 Å². The number of nitrogens with one attached hydrogen (secondary N) is 1. The monoisotopic (exact) mass is 326 g/mol. The van der Waals surface area contributed by atoms with E-state index in [1.165, 1.54) is 0 Å². The summed E-state index contributed by atoms with van der Waals surface area (Å²) < 4.78 is 5.35. The van der Waals surface area contributed by atoms with Gasteiger partial charge in [-0.3, -0.25) is 4.90 Å². The molecule has 0 amide bonds. The summed E-state index contributed by atoms with van der Waals surface area (Å²) in [6.07, 6.45) is 0. The minimum atomic E-state index is 0.132. The summed E-state index contributed by atoms with van der Waals surface area (Å²) in [6, 6.07) is 5.41. The maximum atomic E-state index is 6.02. The SMILES string of the molecule is CC(c1noc(-c2ccc(Cl)c(Cl)c2)n1)N1CCNCC1. The molecule has 1 unspecified atom stereocenters. The molecule has 1 N–H and O–H groups in total. The maximum absolute atomic E-state index is 6.02. The molecule has 0 spiro atoms. The highest BCUT2D eigenvalue weighted by atomic mass is 35.5. The molecule has 1 aliphatic rings. The Labute approximate surface area is 133 Å². The number of aromatic nitrogens is 2. The Balaban J connectivity index is 1.80. The predicted octanol–water partition coefficient (Wildman–Crippen LogP) is 3.01. The highest BCUT2D eigenvalue weighted by Crippen LogP contribution is 2.28. The van der Waals surface area contributed by atoms with Crippen LogP contribution in [0.25, 0.3) is 11.5 Å². The molecule has 1 fully saturated rings. The maximum Gasteiger partial charge on any atom is 0.258 e. The standard InChI is InChI=1S/C14H16Cl2N4O/c1-9(20-6-4-17-5-7-20)13-18-14(21-19-13)10-2-3-11(15)12(16)8-10/h2-3,8-9,17H,4-7H2,1H3. The van der Waals surface area contributed by atoms with Gasteiger partial charge in [-0.1, -0.05) is 28.4 Å². The second kappa shape index (κ2) is 6.32. The lowest BCUT2D eigenvalue weighted by atomic mass is 10.2. The molecule has 1 aliphatic heterocycles. The molecule has 0 bridgehead atoms. The van der Waals surface area contributed by atoms with Crippen LogP contribution < -0.4 is 5.32 Å². The van der Waals surface area contributed by atoms with E-state index in [0.717, 1.165) is 31.7 Å². The van der Waals surface area contributed by atoms with Crippen LogP contribution >= 0.6 is 23.2 Å². The summed E-state index contributed by atoms with van der Waals surface area (Å²) in [5.41, 5.74) is 0.774. The first-order valence-corrected chi connectivity index (χ1v) is 7.64. The van der Waals surface area contributed by atoms with Crippen LogP contribution in [0.5, 0.6) is 0 Å². The van der Waals surface area contributed by atoms with Gasteiger partial charge in [-0.2, -0.15) is 4.98 Å². The molecule has 2 aromatic rings. The molecular formula is C14H16Cl2N4O. The van der Waals surface area contributed by atoms with E-state index in [1.807, 2.05) is 6.07 Å². The molecule has 2 heterocycles. The van der Waals surface area contributed by atoms with Crippen LogP contribution in [-0.4, -0.2) is 41.2 Å². The van der Waals surface area contributed by atoms with E-state index in [2.05, 4.69) is 27.3 Å². The Morgan fingerprint density at radius 2 is 2.00 bits per heavy atom. The highest BCUT2D eigenvalue weighted by molar-refractivity contribution is 6.42. The molecule has 7 heteroatoms. The third-order valence-electron chi connectivity index (χ3n) is 3.68. The van der Waals surface area contributed by atoms with E-state index in [-0.39, 0.29) is 6.04 Å². The zero-order valence-electron chi connectivity index (χ0n) is 11.6. The first-order chi connectivity index (χ1) is 10.1. The van der Waals surface area contributed by atoms with Crippen molar-refractivity contribution in [2.45, 2.75) is 13.0 Å². The summed E-state index contributed by atoms with van der Waals surface area (Å²) in [6.45, 7) is 6.04. The molecule has 0 radical (unpaired) electrons. The molecule has 21 heavy (non-hydrogen) atoms. The lowest BCUT2D eigenvalue weighted by Gasteiger charge is -2.30. The van der Waals surface area contributed by atoms with Crippen LogP contribution in [0, 0.1) is 0 Å². The van der Waals surface area contributed by atoms with E-state index < -0.39 is 0 Å². The van der Waals surface area contributed by atoms with Crippen molar-refractivity contribution >= 4 is 23.2 Å². The van der Waals surface area contributed by atoms with Crippen molar-refractivity contribution < 1.29 is 4.52 Å². The lowest BCUT2D eigenvalue weighted by molar-refractivity contribution is 0.176. The second-order valence-electron chi connectivity index (χ2n) is 5.05. The second-order valence-corrected chi connectivity index (χ2v) is 5.86. The fourth-order valence-corrected chi connectivity index (χ4v) is 2.68. The molecule has 1 atom stereocenters. The highest BCUT2D eigenvalue weighted by Gasteiger charge is 2.22. The van der Waals surface area contributed by atoms with Crippen LogP contribution in [0.4, 0.5) is 0 Å². The normalized spacial score (nSPS) is 17.9. The van der Waals surface area contributed by atoms with Crippen molar-refractivity contribution in [1.82, 2.24) is 20.4 Å². The number of benzene rings is 1. The summed E-state index contributed by atoms with van der Waals surface area (Å²) in [5.74, 6) is 1.16. The van der Waals surface area contributed by atoms with Crippen LogP contribution in [-0.2, 0) is 0 Å². The van der Waals surface area contributed by atoms with Gasteiger partial charge in [0.1, 0.15) is 0 Å². The van der Waals surface area contributed by atoms with E-state index in [4.69, 9.17) is 27.7 Å². The average Bonchev–Trinajstić information content (AvgIpc) is 3.00. The predicted molar refractivity (Wildman–Crippen MR) is 82.6 cm³/mol. The van der Waals surface area contributed by atoms with Gasteiger partial charge in [0.2, 0.25) is 0 Å². The van der Waals surface area contributed by atoms with Gasteiger partial charge in [0.05, 0.1) is 16.1 Å². The molecule has 1 aromatic heterocycles. The molecule has 3 rings (SSSR count). The third-order valence-corrected chi connectivity index (χ3v) is 4.42. The fourth-order valence-electron chi connectivity index (χ4n) is 2.38. The minimum Gasteiger partial charge on any atom is -0.334 e. The minimum absolute atomic E-state index is 0.132. The molecule has 0 saturated carbocycles. The van der Waals surface area contributed by atoms with E-state index in [0.29, 0.717) is 21.8 Å². The van der Waals surface area contributed by atoms with Gasteiger partial charge < -0.3 is 9.84 Å². The number of nitrogens with zero attached hydrogens (tertiary/aromatic N) is 3. The molecular weight excluding hydrogens is 311 g/mol. The van der Waals surface area contributed by atoms with Gasteiger partial charge in [0.25, 0.3) is 5.89 Å². The summed E-state index contributed by atoms with van der Waals surface area (Å²) in [4.78, 5) is 6.82. The van der Waals surface area contributed by atoms with Gasteiger partial charge >= 0.3 is 0 Å². The number of rotatable bonds is 3. The third kappa shape index (κ3) is 3.21. The lowest BCUT2D eigenvalue weighted by Crippen LogP contribution is -2.44. The topological polar surface area (TPSA) is 54.2 Å². The van der Waals surface area contributed by atoms with Crippen LogP contribution in [0.3, 0.4) is 0 Å². The van der Waals surface area contributed by atoms with Gasteiger partial charge in [-0.25, -0.2) is 0 Å². The summed E-state index contributed by atoms with van der Waals surface area (Å²) in [5, 5.41) is 8.41. The molecule has 5 nitrogen and oxygen atoms in total. The number of hydrogen-bond donors (Lipinski definition) is 1. The zero-order valence-corrected chi connectivity index (χ0v) is 13.2. The van der Waals surface area contributed by atoms with Gasteiger partial charge in [0, 0.05) is 31.7 Å². The number of halogens is 2. The van der Waals surface area contributed by atoms with Crippen molar-refractivity contribution in [2.75, 3.05) is 26.2 Å². The molecule has 112 valence electrons. The largest absolute Gasteiger partial charge is 0.334 e. The Morgan fingerprint density at radius 1 is 1.24 bits per heavy atom. The quantitative estimate of drug-likeness (QED) is 0.939. The molecule has 1 saturated heterocycles. The number of piperazine rings is 1. The summed E-state index contributed by atoms with van der Waals surface area (Å²) >= 11 is 11.9. The zero-order chi connectivity index (χ0) is 14.8. The fraction of sp³-hybridized carbons (Fsp3) is 0.429. The van der Waals surface area contributed by atoms with E-state index in [1.54, 1.807) is 12.1 Å². The van der Waals surface area contributed by atoms with E-state index >= 15 is 0 Å². The van der Waals surface area contributed by atoms with E-state index in [9.17, 15) is 0 Å². The van der Waals surface area contributed by atoms with Crippen molar-refractivity contribution in [1.29, 1.82) is 0 Å². The van der Waals surface area contributed by atoms with Crippen molar-refractivity contribution in [3.05, 3.63) is 34.1 Å². The average molecular weight is 327 g/mol.